The Labute approximate surface area is 169 Å². The number of hydrogen-bond donors (Lipinski definition) is 1. The molecule has 1 N–H and O–H groups in total. The van der Waals surface area contributed by atoms with Gasteiger partial charge in [0.1, 0.15) is 0 Å². The summed E-state index contributed by atoms with van der Waals surface area (Å²) in [6, 6.07) is 2.01. The van der Waals surface area contributed by atoms with Crippen LogP contribution < -0.4 is 4.72 Å². The molecule has 0 aromatic heterocycles. The topological polar surface area (TPSA) is 66.5 Å². The van der Waals surface area contributed by atoms with Crippen LogP contribution in [0.5, 0.6) is 0 Å². The standard InChI is InChI=1S/C22H34N2O3S/c1-15-12-16(2)18(4)22(17(15)3)28(26,27)23-13-21(25)24-11-7-10-20(14-24)19-8-5-6-9-19/h12,19-20,23H,5-11,13-14H2,1-4H3. The Balaban J connectivity index is 1.67. The molecule has 1 aliphatic heterocycles. The predicted octanol–water partition coefficient (Wildman–Crippen LogP) is 3.63. The average Bonchev–Trinajstić information content (AvgIpc) is 3.19. The second-order valence-corrected chi connectivity index (χ2v) is 10.4. The van der Waals surface area contributed by atoms with Crippen LogP contribution in [0.4, 0.5) is 0 Å². The van der Waals surface area contributed by atoms with Crippen molar-refractivity contribution in [1.29, 1.82) is 0 Å². The number of aryl methyl sites for hydroxylation is 2. The molecule has 0 bridgehead atoms. The molecule has 1 atom stereocenters. The van der Waals surface area contributed by atoms with Crippen LogP contribution in [0.15, 0.2) is 11.0 Å². The van der Waals surface area contributed by atoms with E-state index in [1.807, 2.05) is 38.7 Å². The summed E-state index contributed by atoms with van der Waals surface area (Å²) in [5.41, 5.74) is 3.40. The van der Waals surface area contributed by atoms with Crippen molar-refractivity contribution in [2.75, 3.05) is 19.6 Å². The first kappa shape index (κ1) is 21.3. The smallest absolute Gasteiger partial charge is 0.241 e. The number of rotatable bonds is 5. The molecule has 1 aliphatic carbocycles. The molecule has 28 heavy (non-hydrogen) atoms. The number of sulfonamides is 1. The molecule has 1 saturated carbocycles. The fourth-order valence-corrected chi connectivity index (χ4v) is 6.56. The first-order valence-corrected chi connectivity index (χ1v) is 12.0. The Bertz CT molecular complexity index is 816. The molecule has 1 heterocycles. The third kappa shape index (κ3) is 4.43. The number of piperidine rings is 1. The lowest BCUT2D eigenvalue weighted by Gasteiger charge is -2.36. The van der Waals surface area contributed by atoms with E-state index in [2.05, 4.69) is 4.72 Å². The van der Waals surface area contributed by atoms with Gasteiger partial charge in [0, 0.05) is 13.1 Å². The number of benzene rings is 1. The summed E-state index contributed by atoms with van der Waals surface area (Å²) in [6.45, 7) is 8.86. The first-order chi connectivity index (χ1) is 13.2. The van der Waals surface area contributed by atoms with Gasteiger partial charge in [0.25, 0.3) is 0 Å². The van der Waals surface area contributed by atoms with Crippen molar-refractivity contribution >= 4 is 15.9 Å². The summed E-state index contributed by atoms with van der Waals surface area (Å²) < 4.78 is 28.5. The minimum absolute atomic E-state index is 0.106. The molecule has 3 rings (SSSR count). The number of nitrogens with zero attached hydrogens (tertiary/aromatic N) is 1. The number of likely N-dealkylation sites (tertiary alicyclic amines) is 1. The van der Waals surface area contributed by atoms with Gasteiger partial charge in [-0.15, -0.1) is 0 Å². The second kappa shape index (κ2) is 8.54. The van der Waals surface area contributed by atoms with E-state index in [0.717, 1.165) is 47.7 Å². The maximum absolute atomic E-state index is 13.0. The van der Waals surface area contributed by atoms with Gasteiger partial charge in [0.05, 0.1) is 11.4 Å². The van der Waals surface area contributed by atoms with Gasteiger partial charge in [0.2, 0.25) is 15.9 Å². The number of carbonyl (C=O) groups excluding carboxylic acids is 1. The molecular formula is C22H34N2O3S. The Morgan fingerprint density at radius 1 is 1.00 bits per heavy atom. The predicted molar refractivity (Wildman–Crippen MR) is 112 cm³/mol. The monoisotopic (exact) mass is 406 g/mol. The van der Waals surface area contributed by atoms with Crippen molar-refractivity contribution in [2.45, 2.75) is 71.1 Å². The lowest BCUT2D eigenvalue weighted by molar-refractivity contribution is -0.132. The lowest BCUT2D eigenvalue weighted by atomic mass is 9.84. The zero-order valence-corrected chi connectivity index (χ0v) is 18.5. The van der Waals surface area contributed by atoms with E-state index in [4.69, 9.17) is 0 Å². The maximum atomic E-state index is 13.0. The highest BCUT2D eigenvalue weighted by Crippen LogP contribution is 2.36. The lowest BCUT2D eigenvalue weighted by Crippen LogP contribution is -2.46. The van der Waals surface area contributed by atoms with E-state index in [1.54, 1.807) is 0 Å². The molecule has 6 heteroatoms. The van der Waals surface area contributed by atoms with Crippen LogP contribution in [0.1, 0.15) is 60.8 Å². The van der Waals surface area contributed by atoms with Gasteiger partial charge in [0.15, 0.2) is 0 Å². The zero-order chi connectivity index (χ0) is 20.5. The highest BCUT2D eigenvalue weighted by atomic mass is 32.2. The van der Waals surface area contributed by atoms with Crippen LogP contribution in [0, 0.1) is 39.5 Å². The first-order valence-electron chi connectivity index (χ1n) is 10.6. The Morgan fingerprint density at radius 3 is 2.18 bits per heavy atom. The number of amides is 1. The molecule has 0 spiro atoms. The highest BCUT2D eigenvalue weighted by molar-refractivity contribution is 7.89. The van der Waals surface area contributed by atoms with E-state index in [1.165, 1.54) is 32.1 Å². The van der Waals surface area contributed by atoms with Crippen LogP contribution >= 0.6 is 0 Å². The van der Waals surface area contributed by atoms with E-state index < -0.39 is 10.0 Å². The molecule has 156 valence electrons. The maximum Gasteiger partial charge on any atom is 0.241 e. The van der Waals surface area contributed by atoms with Crippen molar-refractivity contribution in [1.82, 2.24) is 9.62 Å². The highest BCUT2D eigenvalue weighted by Gasteiger charge is 2.31. The summed E-state index contributed by atoms with van der Waals surface area (Å²) in [5, 5.41) is 0. The van der Waals surface area contributed by atoms with Gasteiger partial charge in [-0.05, 0) is 74.6 Å². The van der Waals surface area contributed by atoms with Gasteiger partial charge < -0.3 is 4.90 Å². The van der Waals surface area contributed by atoms with Gasteiger partial charge in [-0.2, -0.15) is 0 Å². The molecule has 5 nitrogen and oxygen atoms in total. The molecule has 1 saturated heterocycles. The molecule has 1 unspecified atom stereocenters. The third-order valence-electron chi connectivity index (χ3n) is 6.86. The van der Waals surface area contributed by atoms with Crippen molar-refractivity contribution < 1.29 is 13.2 Å². The SMILES string of the molecule is Cc1cc(C)c(C)c(S(=O)(=O)NCC(=O)N2CCCC(C3CCCC3)C2)c1C. The molecule has 0 radical (unpaired) electrons. The van der Waals surface area contributed by atoms with E-state index in [-0.39, 0.29) is 12.5 Å². The molecule has 2 aliphatic rings. The van der Waals surface area contributed by atoms with Gasteiger partial charge in [-0.1, -0.05) is 31.7 Å². The summed E-state index contributed by atoms with van der Waals surface area (Å²) >= 11 is 0. The summed E-state index contributed by atoms with van der Waals surface area (Å²) in [4.78, 5) is 14.9. The Hall–Kier alpha value is -1.40. The Morgan fingerprint density at radius 2 is 1.57 bits per heavy atom. The van der Waals surface area contributed by atoms with Crippen LogP contribution in [0.25, 0.3) is 0 Å². The molecule has 1 aromatic rings. The number of carbonyl (C=O) groups is 1. The number of hydrogen-bond acceptors (Lipinski definition) is 3. The summed E-state index contributed by atoms with van der Waals surface area (Å²) in [5.74, 6) is 1.22. The van der Waals surface area contributed by atoms with E-state index >= 15 is 0 Å². The summed E-state index contributed by atoms with van der Waals surface area (Å²) in [6.07, 6.45) is 7.40. The van der Waals surface area contributed by atoms with Gasteiger partial charge in [-0.25, -0.2) is 13.1 Å². The average molecular weight is 407 g/mol. The Kier molecular flexibility index (Phi) is 6.50. The van der Waals surface area contributed by atoms with E-state index in [9.17, 15) is 13.2 Å². The number of nitrogens with one attached hydrogen (secondary N) is 1. The largest absolute Gasteiger partial charge is 0.341 e. The third-order valence-corrected chi connectivity index (χ3v) is 8.53. The van der Waals surface area contributed by atoms with Gasteiger partial charge >= 0.3 is 0 Å². The normalized spacial score (nSPS) is 21.3. The van der Waals surface area contributed by atoms with Crippen molar-refractivity contribution in [2.24, 2.45) is 11.8 Å². The molecule has 1 amide bonds. The van der Waals surface area contributed by atoms with Crippen molar-refractivity contribution in [3.05, 3.63) is 28.3 Å². The van der Waals surface area contributed by atoms with Gasteiger partial charge in [-0.3, -0.25) is 4.79 Å². The van der Waals surface area contributed by atoms with Crippen LogP contribution in [-0.4, -0.2) is 38.9 Å². The van der Waals surface area contributed by atoms with Crippen molar-refractivity contribution in [3.63, 3.8) is 0 Å². The van der Waals surface area contributed by atoms with Crippen LogP contribution in [-0.2, 0) is 14.8 Å². The quantitative estimate of drug-likeness (QED) is 0.812. The van der Waals surface area contributed by atoms with Crippen LogP contribution in [0.3, 0.4) is 0 Å². The van der Waals surface area contributed by atoms with Crippen molar-refractivity contribution in [3.8, 4) is 0 Å². The fourth-order valence-electron chi connectivity index (χ4n) is 4.97. The molecule has 1 aromatic carbocycles. The molecular weight excluding hydrogens is 372 g/mol. The minimum atomic E-state index is -3.73. The van der Waals surface area contributed by atoms with Crippen LogP contribution in [0.2, 0.25) is 0 Å². The molecule has 2 fully saturated rings. The van der Waals surface area contributed by atoms with E-state index in [0.29, 0.717) is 10.8 Å². The zero-order valence-electron chi connectivity index (χ0n) is 17.7. The second-order valence-electron chi connectivity index (χ2n) is 8.70. The fraction of sp³-hybridized carbons (Fsp3) is 0.682. The summed E-state index contributed by atoms with van der Waals surface area (Å²) in [7, 11) is -3.73. The minimum Gasteiger partial charge on any atom is -0.341 e.